The molecule has 0 bridgehead atoms. The Morgan fingerprint density at radius 2 is 1.79 bits per heavy atom. The van der Waals surface area contributed by atoms with Crippen LogP contribution in [-0.2, 0) is 14.3 Å². The molecule has 1 aliphatic heterocycles. The van der Waals surface area contributed by atoms with Crippen molar-refractivity contribution in [3.8, 4) is 0 Å². The summed E-state index contributed by atoms with van der Waals surface area (Å²) < 4.78 is 12.2. The summed E-state index contributed by atoms with van der Waals surface area (Å²) in [5.74, 6) is 0.263. The van der Waals surface area contributed by atoms with Gasteiger partial charge >= 0.3 is 5.97 Å². The zero-order valence-electron chi connectivity index (χ0n) is 18.0. The number of aliphatic hydroxyl groups is 1. The lowest BCUT2D eigenvalue weighted by Gasteiger charge is -2.33. The van der Waals surface area contributed by atoms with Gasteiger partial charge in [0.2, 0.25) is 0 Å². The second-order valence-electron chi connectivity index (χ2n) is 9.02. The largest absolute Gasteiger partial charge is 0.481 e. The third-order valence-electron chi connectivity index (χ3n) is 6.93. The van der Waals surface area contributed by atoms with Crippen molar-refractivity contribution in [2.45, 2.75) is 109 Å². The van der Waals surface area contributed by atoms with Gasteiger partial charge in [-0.15, -0.1) is 0 Å². The number of rotatable bonds is 14. The highest BCUT2D eigenvalue weighted by molar-refractivity contribution is 5.66. The van der Waals surface area contributed by atoms with Crippen LogP contribution < -0.4 is 0 Å². The van der Waals surface area contributed by atoms with Crippen LogP contribution in [0.15, 0.2) is 0 Å². The quantitative estimate of drug-likeness (QED) is 0.396. The molecule has 0 aromatic heterocycles. The molecule has 28 heavy (non-hydrogen) atoms. The predicted octanol–water partition coefficient (Wildman–Crippen LogP) is 5.15. The zero-order chi connectivity index (χ0) is 20.4. The van der Waals surface area contributed by atoms with E-state index in [9.17, 15) is 9.90 Å². The molecule has 1 spiro atoms. The summed E-state index contributed by atoms with van der Waals surface area (Å²) in [6.07, 6.45) is 12.6. The Labute approximate surface area is 171 Å². The van der Waals surface area contributed by atoms with E-state index in [2.05, 4.69) is 13.8 Å². The fraction of sp³-hybridized carbons (Fsp3) is 0.957. The van der Waals surface area contributed by atoms with E-state index >= 15 is 0 Å². The molecule has 0 aromatic carbocycles. The average molecular weight is 399 g/mol. The van der Waals surface area contributed by atoms with Crippen LogP contribution in [0.3, 0.4) is 0 Å². The Hall–Kier alpha value is -0.650. The monoisotopic (exact) mass is 398 g/mol. The maximum atomic E-state index is 10.6. The Bertz CT molecular complexity index is 446. The van der Waals surface area contributed by atoms with Crippen LogP contribution in [0.5, 0.6) is 0 Å². The normalized spacial score (nSPS) is 26.0. The maximum Gasteiger partial charge on any atom is 0.303 e. The highest BCUT2D eigenvalue weighted by atomic mass is 16.7. The summed E-state index contributed by atoms with van der Waals surface area (Å²) in [6.45, 7) is 5.76. The van der Waals surface area contributed by atoms with Crippen molar-refractivity contribution in [3.63, 3.8) is 0 Å². The highest BCUT2D eigenvalue weighted by Gasteiger charge is 2.51. The van der Waals surface area contributed by atoms with Crippen LogP contribution in [0.25, 0.3) is 0 Å². The average Bonchev–Trinajstić information content (AvgIpc) is 3.28. The van der Waals surface area contributed by atoms with E-state index in [0.29, 0.717) is 31.0 Å². The van der Waals surface area contributed by atoms with E-state index in [4.69, 9.17) is 14.6 Å². The van der Waals surface area contributed by atoms with E-state index in [1.54, 1.807) is 0 Å². The minimum absolute atomic E-state index is 0.204. The Morgan fingerprint density at radius 1 is 1.07 bits per heavy atom. The van der Waals surface area contributed by atoms with Gasteiger partial charge in [0, 0.05) is 18.8 Å². The van der Waals surface area contributed by atoms with Gasteiger partial charge in [0.25, 0.3) is 0 Å². The number of carboxylic acid groups (broad SMARTS) is 1. The maximum absolute atomic E-state index is 10.6. The Morgan fingerprint density at radius 3 is 2.46 bits per heavy atom. The van der Waals surface area contributed by atoms with Crippen LogP contribution in [0.2, 0.25) is 0 Å². The van der Waals surface area contributed by atoms with Crippen molar-refractivity contribution in [1.82, 2.24) is 0 Å². The molecule has 4 atom stereocenters. The van der Waals surface area contributed by atoms with Gasteiger partial charge in [-0.3, -0.25) is 4.79 Å². The molecule has 0 radical (unpaired) electrons. The molecular formula is C23H42O5. The predicted molar refractivity (Wildman–Crippen MR) is 110 cm³/mol. The van der Waals surface area contributed by atoms with E-state index in [1.165, 1.54) is 12.8 Å². The van der Waals surface area contributed by atoms with Crippen molar-refractivity contribution in [2.75, 3.05) is 13.2 Å². The van der Waals surface area contributed by atoms with Gasteiger partial charge in [-0.05, 0) is 50.4 Å². The SMILES string of the molecule is CCCC[C@@H](C)[C@@H](O)CC[C@H]1CCC2(OCCO2)[C@@H]1CCCCCCC(=O)O. The molecule has 0 aromatic rings. The molecular weight excluding hydrogens is 356 g/mol. The smallest absolute Gasteiger partial charge is 0.303 e. The van der Waals surface area contributed by atoms with E-state index in [1.807, 2.05) is 0 Å². The van der Waals surface area contributed by atoms with Gasteiger partial charge in [-0.25, -0.2) is 0 Å². The van der Waals surface area contributed by atoms with Gasteiger partial charge in [0.1, 0.15) is 0 Å². The number of unbranched alkanes of at least 4 members (excludes halogenated alkanes) is 4. The van der Waals surface area contributed by atoms with E-state index < -0.39 is 5.97 Å². The minimum atomic E-state index is -0.700. The van der Waals surface area contributed by atoms with Crippen LogP contribution in [0, 0.1) is 17.8 Å². The molecule has 2 aliphatic rings. The van der Waals surface area contributed by atoms with Gasteiger partial charge in [-0.1, -0.05) is 46.0 Å². The molecule has 2 fully saturated rings. The second kappa shape index (κ2) is 12.1. The topological polar surface area (TPSA) is 76.0 Å². The molecule has 2 N–H and O–H groups in total. The number of aliphatic carboxylic acids is 1. The molecule has 0 amide bonds. The number of carboxylic acids is 1. The first kappa shape index (κ1) is 23.6. The fourth-order valence-corrected chi connectivity index (χ4v) is 5.14. The van der Waals surface area contributed by atoms with Crippen LogP contribution in [-0.4, -0.2) is 41.3 Å². The third kappa shape index (κ3) is 7.00. The molecule has 2 rings (SSSR count). The summed E-state index contributed by atoms with van der Waals surface area (Å²) in [4.78, 5) is 10.6. The molecule has 1 saturated heterocycles. The summed E-state index contributed by atoms with van der Waals surface area (Å²) in [6, 6.07) is 0. The zero-order valence-corrected chi connectivity index (χ0v) is 18.0. The summed E-state index contributed by atoms with van der Waals surface area (Å²) in [7, 11) is 0. The summed E-state index contributed by atoms with van der Waals surface area (Å²) in [5.41, 5.74) is 0. The molecule has 0 unspecified atom stereocenters. The fourth-order valence-electron chi connectivity index (χ4n) is 5.14. The summed E-state index contributed by atoms with van der Waals surface area (Å²) in [5, 5.41) is 19.3. The van der Waals surface area contributed by atoms with Crippen molar-refractivity contribution >= 4 is 5.97 Å². The van der Waals surface area contributed by atoms with Crippen molar-refractivity contribution < 1.29 is 24.5 Å². The Balaban J connectivity index is 1.80. The third-order valence-corrected chi connectivity index (χ3v) is 6.93. The van der Waals surface area contributed by atoms with Crippen molar-refractivity contribution in [3.05, 3.63) is 0 Å². The van der Waals surface area contributed by atoms with Crippen LogP contribution in [0.4, 0.5) is 0 Å². The minimum Gasteiger partial charge on any atom is -0.481 e. The van der Waals surface area contributed by atoms with Gasteiger partial charge < -0.3 is 19.7 Å². The second-order valence-corrected chi connectivity index (χ2v) is 9.02. The molecule has 1 aliphatic carbocycles. The van der Waals surface area contributed by atoms with Crippen molar-refractivity contribution in [1.29, 1.82) is 0 Å². The number of ether oxygens (including phenoxy) is 2. The number of aliphatic hydroxyl groups excluding tert-OH is 1. The molecule has 5 heteroatoms. The number of hydrogen-bond donors (Lipinski definition) is 2. The molecule has 5 nitrogen and oxygen atoms in total. The lowest BCUT2D eigenvalue weighted by Crippen LogP contribution is -2.37. The van der Waals surface area contributed by atoms with E-state index in [0.717, 1.165) is 64.2 Å². The van der Waals surface area contributed by atoms with Crippen LogP contribution >= 0.6 is 0 Å². The number of carbonyl (C=O) groups is 1. The van der Waals surface area contributed by atoms with Gasteiger partial charge in [0.05, 0.1) is 19.3 Å². The lowest BCUT2D eigenvalue weighted by atomic mass is 9.83. The van der Waals surface area contributed by atoms with Crippen molar-refractivity contribution in [2.24, 2.45) is 17.8 Å². The van der Waals surface area contributed by atoms with Gasteiger partial charge in [-0.2, -0.15) is 0 Å². The first-order valence-corrected chi connectivity index (χ1v) is 11.7. The molecule has 1 saturated carbocycles. The standard InChI is InChI=1S/C23H42O5/c1-3-4-9-18(2)21(24)13-12-19-14-15-23(27-16-17-28-23)20(19)10-7-5-6-8-11-22(25)26/h18-21,24H,3-17H2,1-2H3,(H,25,26)/t18-,19+,20-,21+/m1/s1. The highest BCUT2D eigenvalue weighted by Crippen LogP contribution is 2.50. The van der Waals surface area contributed by atoms with Crippen LogP contribution in [0.1, 0.15) is 97.3 Å². The van der Waals surface area contributed by atoms with E-state index in [-0.39, 0.29) is 18.3 Å². The first-order valence-electron chi connectivity index (χ1n) is 11.7. The summed E-state index contributed by atoms with van der Waals surface area (Å²) >= 11 is 0. The first-order chi connectivity index (χ1) is 13.5. The number of hydrogen-bond acceptors (Lipinski definition) is 4. The molecule has 1 heterocycles. The Kier molecular flexibility index (Phi) is 10.2. The molecule has 164 valence electrons. The lowest BCUT2D eigenvalue weighted by molar-refractivity contribution is -0.188. The van der Waals surface area contributed by atoms with Gasteiger partial charge in [0.15, 0.2) is 5.79 Å².